The summed E-state index contributed by atoms with van der Waals surface area (Å²) in [5.74, 6) is -5.88. The van der Waals surface area contributed by atoms with Gasteiger partial charge >= 0.3 is 6.18 Å². The topological polar surface area (TPSA) is 0 Å². The zero-order valence-electron chi connectivity index (χ0n) is 19.2. The Bertz CT molecular complexity index is 1240. The fourth-order valence-corrected chi connectivity index (χ4v) is 3.70. The maximum absolute atomic E-state index is 14.7. The number of aryl methyl sites for hydroxylation is 2. The lowest BCUT2D eigenvalue weighted by Gasteiger charge is -2.11. The van der Waals surface area contributed by atoms with Gasteiger partial charge in [0, 0.05) is 12.0 Å². The van der Waals surface area contributed by atoms with Gasteiger partial charge in [-0.1, -0.05) is 48.6 Å². The van der Waals surface area contributed by atoms with Crippen molar-refractivity contribution in [3.63, 3.8) is 0 Å². The van der Waals surface area contributed by atoms with Crippen molar-refractivity contribution < 1.29 is 35.1 Å². The summed E-state index contributed by atoms with van der Waals surface area (Å²) < 4.78 is 109. The molecule has 0 saturated carbocycles. The predicted molar refractivity (Wildman–Crippen MR) is 124 cm³/mol. The van der Waals surface area contributed by atoms with Crippen LogP contribution in [0.1, 0.15) is 42.0 Å². The monoisotopic (exact) mass is 510 g/mol. The molecule has 0 radical (unpaired) electrons. The van der Waals surface area contributed by atoms with Crippen molar-refractivity contribution in [2.45, 2.75) is 38.8 Å². The van der Waals surface area contributed by atoms with Crippen LogP contribution in [0.25, 0.3) is 17.0 Å². The van der Waals surface area contributed by atoms with E-state index in [1.54, 1.807) is 25.1 Å². The van der Waals surface area contributed by atoms with Gasteiger partial charge in [-0.2, -0.15) is 13.2 Å². The Morgan fingerprint density at radius 1 is 0.778 bits per heavy atom. The minimum atomic E-state index is -5.16. The Labute approximate surface area is 203 Å². The first-order chi connectivity index (χ1) is 17.0. The molecule has 0 aromatic heterocycles. The van der Waals surface area contributed by atoms with Crippen molar-refractivity contribution in [3.8, 4) is 11.1 Å². The van der Waals surface area contributed by atoms with Gasteiger partial charge in [0.25, 0.3) is 0 Å². The van der Waals surface area contributed by atoms with Crippen LogP contribution in [0, 0.1) is 17.5 Å². The van der Waals surface area contributed by atoms with Gasteiger partial charge in [0.05, 0.1) is 0 Å². The lowest BCUT2D eigenvalue weighted by Crippen LogP contribution is -2.12. The molecule has 0 saturated heterocycles. The van der Waals surface area contributed by atoms with Gasteiger partial charge in [0.15, 0.2) is 5.83 Å². The van der Waals surface area contributed by atoms with Crippen molar-refractivity contribution in [2.24, 2.45) is 0 Å². The summed E-state index contributed by atoms with van der Waals surface area (Å²) in [4.78, 5) is 0. The van der Waals surface area contributed by atoms with E-state index in [0.29, 0.717) is 29.7 Å². The normalized spacial score (nSPS) is 12.8. The molecular formula is C28H22F8. The Morgan fingerprint density at radius 2 is 1.39 bits per heavy atom. The van der Waals surface area contributed by atoms with Crippen molar-refractivity contribution >= 4 is 5.83 Å². The Morgan fingerprint density at radius 3 is 1.94 bits per heavy atom. The fraction of sp³-hybridized carbons (Fsp3) is 0.214. The predicted octanol–water partition coefficient (Wildman–Crippen LogP) is 9.54. The first-order valence-electron chi connectivity index (χ1n) is 11.1. The smallest absolute Gasteiger partial charge is 0.209 e. The maximum Gasteiger partial charge on any atom is 0.422 e. The van der Waals surface area contributed by atoms with Crippen LogP contribution in [0.3, 0.4) is 0 Å². The highest BCUT2D eigenvalue weighted by Gasteiger charge is 2.37. The average Bonchev–Trinajstić information content (AvgIpc) is 2.81. The van der Waals surface area contributed by atoms with E-state index in [0.717, 1.165) is 0 Å². The van der Waals surface area contributed by atoms with Crippen molar-refractivity contribution in [2.75, 3.05) is 0 Å². The molecule has 0 atom stereocenters. The summed E-state index contributed by atoms with van der Waals surface area (Å²) in [6.45, 7) is 1.79. The van der Waals surface area contributed by atoms with E-state index in [-0.39, 0.29) is 36.0 Å². The Hall–Kier alpha value is -3.42. The summed E-state index contributed by atoms with van der Waals surface area (Å²) in [5, 5.41) is 0. The largest absolute Gasteiger partial charge is 0.422 e. The van der Waals surface area contributed by atoms with Crippen LogP contribution in [0.4, 0.5) is 35.1 Å². The molecule has 190 valence electrons. The minimum Gasteiger partial charge on any atom is -0.209 e. The van der Waals surface area contributed by atoms with Crippen molar-refractivity contribution in [3.05, 3.63) is 112 Å². The van der Waals surface area contributed by atoms with E-state index in [9.17, 15) is 35.1 Å². The molecule has 0 nitrogen and oxygen atoms in total. The van der Waals surface area contributed by atoms with Crippen molar-refractivity contribution in [1.29, 1.82) is 0 Å². The van der Waals surface area contributed by atoms with E-state index in [4.69, 9.17) is 0 Å². The standard InChI is InChI=1S/C28H22F8/c1-2-3-4-5-22(29)27(33)20-11-8-18(9-12-20)21-13-10-19(23(30)16-21)7-6-17-14-24(31)26(25(32)15-17)28(34,35)36/h2-3,8-16H,4-7H2,1H3/b3-2+,27-22+. The third kappa shape index (κ3) is 6.62. The number of alkyl halides is 3. The number of hydrogen-bond donors (Lipinski definition) is 0. The molecule has 0 bridgehead atoms. The van der Waals surface area contributed by atoms with Gasteiger partial charge in [-0.25, -0.2) is 22.0 Å². The quantitative estimate of drug-likeness (QED) is 0.209. The van der Waals surface area contributed by atoms with Gasteiger partial charge in [-0.15, -0.1) is 0 Å². The van der Waals surface area contributed by atoms with Crippen LogP contribution in [0.15, 0.2) is 72.6 Å². The van der Waals surface area contributed by atoms with Gasteiger partial charge < -0.3 is 0 Å². The van der Waals surface area contributed by atoms with Crippen LogP contribution in [0.5, 0.6) is 0 Å². The lowest BCUT2D eigenvalue weighted by molar-refractivity contribution is -0.142. The van der Waals surface area contributed by atoms with Crippen LogP contribution in [-0.2, 0) is 19.0 Å². The van der Waals surface area contributed by atoms with Crippen LogP contribution in [0.2, 0.25) is 0 Å². The highest BCUT2D eigenvalue weighted by atomic mass is 19.4. The Balaban J connectivity index is 1.72. The average molecular weight is 510 g/mol. The maximum atomic E-state index is 14.7. The molecule has 3 aromatic carbocycles. The number of benzene rings is 3. The minimum absolute atomic E-state index is 0.00218. The second kappa shape index (κ2) is 11.5. The molecule has 0 unspecified atom stereocenters. The van der Waals surface area contributed by atoms with Gasteiger partial charge in [-0.05, 0) is 66.6 Å². The highest BCUT2D eigenvalue weighted by Crippen LogP contribution is 2.34. The summed E-state index contributed by atoms with van der Waals surface area (Å²) in [5.41, 5.74) is -0.715. The zero-order valence-corrected chi connectivity index (χ0v) is 19.2. The van der Waals surface area contributed by atoms with E-state index in [1.165, 1.54) is 36.4 Å². The molecule has 0 aliphatic carbocycles. The van der Waals surface area contributed by atoms with Crippen LogP contribution < -0.4 is 0 Å². The molecule has 0 fully saturated rings. The molecule has 36 heavy (non-hydrogen) atoms. The van der Waals surface area contributed by atoms with E-state index < -0.39 is 40.8 Å². The van der Waals surface area contributed by atoms with E-state index in [2.05, 4.69) is 0 Å². The van der Waals surface area contributed by atoms with E-state index >= 15 is 0 Å². The molecule has 8 heteroatoms. The number of rotatable bonds is 8. The molecular weight excluding hydrogens is 488 g/mol. The van der Waals surface area contributed by atoms with Gasteiger partial charge in [0.2, 0.25) is 0 Å². The SMILES string of the molecule is C/C=C/CC/C(F)=C(\F)c1ccc(-c2ccc(CCc3cc(F)c(C(F)(F)F)c(F)c3)c(F)c2)cc1. The molecule has 0 amide bonds. The second-order valence-corrected chi connectivity index (χ2v) is 8.14. The Kier molecular flexibility index (Phi) is 8.71. The lowest BCUT2D eigenvalue weighted by atomic mass is 9.98. The molecule has 3 rings (SSSR count). The third-order valence-electron chi connectivity index (χ3n) is 5.60. The molecule has 3 aromatic rings. The summed E-state index contributed by atoms with van der Waals surface area (Å²) in [6.07, 6.45) is -1.44. The molecule has 0 heterocycles. The molecule has 0 N–H and O–H groups in total. The van der Waals surface area contributed by atoms with Crippen LogP contribution in [-0.4, -0.2) is 0 Å². The number of halogens is 8. The van der Waals surface area contributed by atoms with Crippen LogP contribution >= 0.6 is 0 Å². The summed E-state index contributed by atoms with van der Waals surface area (Å²) in [7, 11) is 0. The summed E-state index contributed by atoms with van der Waals surface area (Å²) >= 11 is 0. The number of hydrogen-bond acceptors (Lipinski definition) is 0. The fourth-order valence-electron chi connectivity index (χ4n) is 3.70. The second-order valence-electron chi connectivity index (χ2n) is 8.14. The van der Waals surface area contributed by atoms with E-state index in [1.807, 2.05) is 0 Å². The molecule has 0 aliphatic heterocycles. The first-order valence-corrected chi connectivity index (χ1v) is 11.1. The third-order valence-corrected chi connectivity index (χ3v) is 5.60. The van der Waals surface area contributed by atoms with Crippen molar-refractivity contribution in [1.82, 2.24) is 0 Å². The van der Waals surface area contributed by atoms with Gasteiger partial charge in [0.1, 0.15) is 28.8 Å². The zero-order chi connectivity index (χ0) is 26.5. The number of allylic oxidation sites excluding steroid dienone is 3. The summed E-state index contributed by atoms with van der Waals surface area (Å²) in [6, 6.07) is 11.3. The molecule has 0 aliphatic rings. The molecule has 0 spiro atoms. The van der Waals surface area contributed by atoms with Gasteiger partial charge in [-0.3, -0.25) is 0 Å². The highest BCUT2D eigenvalue weighted by molar-refractivity contribution is 5.68. The first kappa shape index (κ1) is 27.2.